The molecule has 0 spiro atoms. The van der Waals surface area contributed by atoms with Crippen LogP contribution in [0.5, 0.6) is 0 Å². The van der Waals surface area contributed by atoms with Crippen molar-refractivity contribution in [3.8, 4) is 0 Å². The third kappa shape index (κ3) is 2.71. The molecular weight excluding hydrogens is 317 g/mol. The smallest absolute Gasteiger partial charge is 0.260 e. The van der Waals surface area contributed by atoms with Gasteiger partial charge in [-0.1, -0.05) is 6.92 Å². The fourth-order valence-electron chi connectivity index (χ4n) is 2.25. The van der Waals surface area contributed by atoms with E-state index in [9.17, 15) is 26.7 Å². The highest BCUT2D eigenvalue weighted by molar-refractivity contribution is 6.20. The fraction of sp³-hybridized carbons (Fsp3) is 0.462. The maximum atomic E-state index is 13.6. The second-order valence-corrected chi connectivity index (χ2v) is 5.54. The molecule has 1 aromatic rings. The van der Waals surface area contributed by atoms with Crippen molar-refractivity contribution in [1.29, 1.82) is 0 Å². The van der Waals surface area contributed by atoms with Crippen molar-refractivity contribution in [3.05, 3.63) is 34.6 Å². The van der Waals surface area contributed by atoms with Gasteiger partial charge in [0, 0.05) is 18.5 Å². The molecule has 2 nitrogen and oxygen atoms in total. The Bertz CT molecular complexity index is 565. The third-order valence-corrected chi connectivity index (χ3v) is 4.16. The lowest BCUT2D eigenvalue weighted by Gasteiger charge is -2.34. The number of halogens is 6. The van der Waals surface area contributed by atoms with Crippen LogP contribution < -0.4 is 0 Å². The van der Waals surface area contributed by atoms with Crippen molar-refractivity contribution in [1.82, 2.24) is 4.90 Å². The summed E-state index contributed by atoms with van der Waals surface area (Å²) in [5.74, 6) is -12.1. The summed E-state index contributed by atoms with van der Waals surface area (Å²) < 4.78 is 66.4. The summed E-state index contributed by atoms with van der Waals surface area (Å²) >= 11 is 5.96. The van der Waals surface area contributed by atoms with Crippen LogP contribution in [-0.4, -0.2) is 29.3 Å². The van der Waals surface area contributed by atoms with Gasteiger partial charge in [-0.3, -0.25) is 4.79 Å². The van der Waals surface area contributed by atoms with Crippen LogP contribution in [0.4, 0.5) is 22.0 Å². The lowest BCUT2D eigenvalue weighted by atomic mass is 9.98. The minimum Gasteiger partial charge on any atom is -0.338 e. The van der Waals surface area contributed by atoms with Gasteiger partial charge in [-0.2, -0.15) is 0 Å². The van der Waals surface area contributed by atoms with E-state index in [-0.39, 0.29) is 24.4 Å². The first kappa shape index (κ1) is 16.0. The quantitative estimate of drug-likeness (QED) is 0.335. The molecule has 0 bridgehead atoms. The number of hydrogen-bond donors (Lipinski definition) is 0. The number of rotatable bonds is 1. The number of likely N-dealkylation sites (tertiary alicyclic amines) is 1. The molecule has 1 aromatic carbocycles. The van der Waals surface area contributed by atoms with Gasteiger partial charge in [0.15, 0.2) is 23.3 Å². The lowest BCUT2D eigenvalue weighted by molar-refractivity contribution is 0.0673. The van der Waals surface area contributed by atoms with Gasteiger partial charge in [-0.15, -0.1) is 11.6 Å². The minimum absolute atomic E-state index is 0.0898. The Morgan fingerprint density at radius 3 is 2.00 bits per heavy atom. The molecule has 0 aliphatic carbocycles. The molecule has 0 saturated carbocycles. The Morgan fingerprint density at radius 1 is 1.05 bits per heavy atom. The molecule has 0 radical (unpaired) electrons. The van der Waals surface area contributed by atoms with Crippen LogP contribution in [0.2, 0.25) is 0 Å². The molecule has 0 N–H and O–H groups in total. The van der Waals surface area contributed by atoms with E-state index < -0.39 is 40.6 Å². The molecule has 2 atom stereocenters. The van der Waals surface area contributed by atoms with E-state index in [1.165, 1.54) is 0 Å². The zero-order valence-electron chi connectivity index (χ0n) is 10.9. The molecule has 0 aromatic heterocycles. The van der Waals surface area contributed by atoms with Gasteiger partial charge in [0.05, 0.1) is 0 Å². The van der Waals surface area contributed by atoms with Gasteiger partial charge in [0.2, 0.25) is 5.82 Å². The SMILES string of the molecule is CC1CN(C(=O)c2c(F)c(F)c(F)c(F)c2F)CCC1Cl. The van der Waals surface area contributed by atoms with E-state index in [0.29, 0.717) is 6.42 Å². The van der Waals surface area contributed by atoms with Crippen molar-refractivity contribution in [2.75, 3.05) is 13.1 Å². The predicted octanol–water partition coefficient (Wildman–Crippen LogP) is 3.47. The summed E-state index contributed by atoms with van der Waals surface area (Å²) in [5, 5.41) is -0.203. The third-order valence-electron chi connectivity index (χ3n) is 3.51. The number of piperidine rings is 1. The van der Waals surface area contributed by atoms with Crippen molar-refractivity contribution >= 4 is 17.5 Å². The molecule has 1 aliphatic heterocycles. The lowest BCUT2D eigenvalue weighted by Crippen LogP contribution is -2.44. The van der Waals surface area contributed by atoms with E-state index in [2.05, 4.69) is 0 Å². The van der Waals surface area contributed by atoms with Crippen LogP contribution in [-0.2, 0) is 0 Å². The molecule has 1 saturated heterocycles. The van der Waals surface area contributed by atoms with Crippen molar-refractivity contribution in [2.24, 2.45) is 5.92 Å². The molecule has 21 heavy (non-hydrogen) atoms. The molecule has 2 rings (SSSR count). The standard InChI is InChI=1S/C13H11ClF5NO/c1-5-4-20(3-2-6(5)14)13(21)7-8(15)10(17)12(19)11(18)9(7)16/h5-6H,2-4H2,1H3. The highest BCUT2D eigenvalue weighted by Gasteiger charge is 2.34. The average Bonchev–Trinajstić information content (AvgIpc) is 2.46. The Balaban J connectivity index is 2.41. The average molecular weight is 328 g/mol. The van der Waals surface area contributed by atoms with Crippen molar-refractivity contribution in [3.63, 3.8) is 0 Å². The molecular formula is C13H11ClF5NO. The number of carbonyl (C=O) groups is 1. The summed E-state index contributed by atoms with van der Waals surface area (Å²) in [5.41, 5.74) is -1.42. The molecule has 116 valence electrons. The number of benzene rings is 1. The first-order chi connectivity index (χ1) is 9.75. The van der Waals surface area contributed by atoms with Crippen LogP contribution in [0.25, 0.3) is 0 Å². The molecule has 1 heterocycles. The second kappa shape index (κ2) is 5.79. The summed E-state index contributed by atoms with van der Waals surface area (Å²) in [6.07, 6.45) is 0.379. The first-order valence-electron chi connectivity index (χ1n) is 6.20. The van der Waals surface area contributed by atoms with Gasteiger partial charge in [0.1, 0.15) is 5.56 Å². The number of hydrogen-bond acceptors (Lipinski definition) is 1. The van der Waals surface area contributed by atoms with Gasteiger partial charge in [-0.25, -0.2) is 22.0 Å². The van der Waals surface area contributed by atoms with Crippen molar-refractivity contribution < 1.29 is 26.7 Å². The van der Waals surface area contributed by atoms with Crippen LogP contribution in [0.1, 0.15) is 23.7 Å². The van der Waals surface area contributed by atoms with E-state index in [0.717, 1.165) is 4.90 Å². The van der Waals surface area contributed by atoms with Crippen molar-refractivity contribution in [2.45, 2.75) is 18.7 Å². The van der Waals surface area contributed by atoms with Gasteiger partial charge in [0.25, 0.3) is 5.91 Å². The Hall–Kier alpha value is -1.37. The monoisotopic (exact) mass is 327 g/mol. The van der Waals surface area contributed by atoms with E-state index in [1.54, 1.807) is 6.92 Å². The van der Waals surface area contributed by atoms with Gasteiger partial charge >= 0.3 is 0 Å². The molecule has 2 unspecified atom stereocenters. The largest absolute Gasteiger partial charge is 0.338 e. The van der Waals surface area contributed by atoms with Crippen LogP contribution in [0.15, 0.2) is 0 Å². The molecule has 1 fully saturated rings. The first-order valence-corrected chi connectivity index (χ1v) is 6.64. The summed E-state index contributed by atoms with van der Waals surface area (Å²) in [7, 11) is 0. The van der Waals surface area contributed by atoms with Gasteiger partial charge in [-0.05, 0) is 12.3 Å². The number of amides is 1. The van der Waals surface area contributed by atoms with Crippen LogP contribution in [0.3, 0.4) is 0 Å². The number of alkyl halides is 1. The summed E-state index contributed by atoms with van der Waals surface area (Å²) in [4.78, 5) is 13.1. The van der Waals surface area contributed by atoms with E-state index in [1.807, 2.05) is 0 Å². The Kier molecular flexibility index (Phi) is 4.41. The van der Waals surface area contributed by atoms with E-state index >= 15 is 0 Å². The maximum Gasteiger partial charge on any atom is 0.260 e. The highest BCUT2D eigenvalue weighted by Crippen LogP contribution is 2.27. The van der Waals surface area contributed by atoms with Gasteiger partial charge < -0.3 is 4.90 Å². The summed E-state index contributed by atoms with van der Waals surface area (Å²) in [6.45, 7) is 1.92. The minimum atomic E-state index is -2.28. The zero-order chi connectivity index (χ0) is 15.9. The summed E-state index contributed by atoms with van der Waals surface area (Å²) in [6, 6.07) is 0. The zero-order valence-corrected chi connectivity index (χ0v) is 11.7. The van der Waals surface area contributed by atoms with Crippen LogP contribution >= 0.6 is 11.6 Å². The molecule has 8 heteroatoms. The fourth-order valence-corrected chi connectivity index (χ4v) is 2.43. The second-order valence-electron chi connectivity index (χ2n) is 4.98. The highest BCUT2D eigenvalue weighted by atomic mass is 35.5. The molecule has 1 amide bonds. The topological polar surface area (TPSA) is 20.3 Å². The maximum absolute atomic E-state index is 13.6. The normalized spacial score (nSPS) is 22.5. The number of carbonyl (C=O) groups excluding carboxylic acids is 1. The molecule has 1 aliphatic rings. The number of nitrogens with zero attached hydrogens (tertiary/aromatic N) is 1. The predicted molar refractivity (Wildman–Crippen MR) is 65.6 cm³/mol. The Morgan fingerprint density at radius 2 is 1.52 bits per heavy atom. The van der Waals surface area contributed by atoms with Crippen LogP contribution in [0, 0.1) is 35.0 Å². The Labute approximate surface area is 122 Å². The van der Waals surface area contributed by atoms with E-state index in [4.69, 9.17) is 11.6 Å².